The number of para-hydroxylation sites is 1. The first kappa shape index (κ1) is 31.5. The molecule has 2 N–H and O–H groups in total. The van der Waals surface area contributed by atoms with E-state index >= 15 is 0 Å². The molecule has 2 unspecified atom stereocenters. The van der Waals surface area contributed by atoms with Crippen LogP contribution in [0.5, 0.6) is 0 Å². The number of aryl methyl sites for hydroxylation is 2. The Morgan fingerprint density at radius 3 is 2.13 bits per heavy atom. The molecule has 0 bridgehead atoms. The number of rotatable bonds is 9. The Morgan fingerprint density at radius 1 is 1.03 bits per heavy atom. The fourth-order valence-corrected chi connectivity index (χ4v) is 4.41. The molecular weight excluding hydrogens is 522 g/mol. The second-order valence-electron chi connectivity index (χ2n) is 11.0. The minimum absolute atomic E-state index is 0.0141. The van der Waals surface area contributed by atoms with Crippen molar-refractivity contribution in [2.24, 2.45) is 0 Å². The Balaban J connectivity index is 2.61. The Morgan fingerprint density at radius 2 is 1.63 bits per heavy atom. The third-order valence-electron chi connectivity index (χ3n) is 6.30. The number of carbonyl (C=O) groups excluding carboxylic acids is 3. The van der Waals surface area contributed by atoms with Crippen molar-refractivity contribution in [3.63, 3.8) is 0 Å². The van der Waals surface area contributed by atoms with E-state index in [1.165, 1.54) is 4.90 Å². The number of amides is 3. The van der Waals surface area contributed by atoms with Crippen molar-refractivity contribution < 1.29 is 19.1 Å². The molecule has 0 aliphatic carbocycles. The van der Waals surface area contributed by atoms with Crippen LogP contribution in [0.25, 0.3) is 0 Å². The molecule has 0 spiro atoms. The molecule has 3 amide bonds. The van der Waals surface area contributed by atoms with E-state index in [-0.39, 0.29) is 5.75 Å². The molecule has 208 valence electrons. The quantitative estimate of drug-likeness (QED) is 0.306. The molecule has 9 heteroatoms. The van der Waals surface area contributed by atoms with Crippen molar-refractivity contribution in [2.45, 2.75) is 85.0 Å². The molecule has 0 aliphatic heterocycles. The second kappa shape index (κ2) is 12.9. The summed E-state index contributed by atoms with van der Waals surface area (Å²) in [5, 5.41) is 5.99. The highest BCUT2D eigenvalue weighted by molar-refractivity contribution is 7.80. The summed E-state index contributed by atoms with van der Waals surface area (Å²) in [5.74, 6) is -0.857. The number of carbonyl (C=O) groups is 3. The summed E-state index contributed by atoms with van der Waals surface area (Å²) in [4.78, 5) is 42.3. The number of nitrogens with one attached hydrogen (secondary N) is 2. The Labute approximate surface area is 237 Å². The largest absolute Gasteiger partial charge is 0.444 e. The van der Waals surface area contributed by atoms with Crippen LogP contribution < -0.4 is 10.6 Å². The van der Waals surface area contributed by atoms with Gasteiger partial charge in [-0.15, -0.1) is 0 Å². The lowest BCUT2D eigenvalue weighted by molar-refractivity contribution is -0.147. The van der Waals surface area contributed by atoms with Gasteiger partial charge in [0.1, 0.15) is 17.7 Å². The number of alkyl carbamates (subject to hydrolysis) is 1. The average molecular weight is 562 g/mol. The van der Waals surface area contributed by atoms with Gasteiger partial charge in [-0.2, -0.15) is 12.6 Å². The molecule has 38 heavy (non-hydrogen) atoms. The van der Waals surface area contributed by atoms with E-state index in [0.717, 1.165) is 11.1 Å². The summed E-state index contributed by atoms with van der Waals surface area (Å²) in [6.45, 7) is 14.8. The van der Waals surface area contributed by atoms with Crippen LogP contribution in [0.1, 0.15) is 70.7 Å². The standard InChI is InChI=1S/C29H40ClN3O4S/c1-9-29(7,8)33(26(35)22(17-38)31-27(36)37-28(4,5)6)24(20-15-13-18(2)14-16-20)25(34)32-23-19(3)11-10-12-21(23)30/h10-16,22,24,38H,9,17H2,1-8H3,(H,31,36)(H,32,34). The highest BCUT2D eigenvalue weighted by Gasteiger charge is 2.43. The van der Waals surface area contributed by atoms with Crippen LogP contribution in [0.2, 0.25) is 5.02 Å². The second-order valence-corrected chi connectivity index (χ2v) is 11.8. The zero-order valence-corrected chi connectivity index (χ0v) is 25.2. The normalized spacial score (nSPS) is 13.3. The number of hydrogen-bond donors (Lipinski definition) is 3. The van der Waals surface area contributed by atoms with Crippen LogP contribution in [0.4, 0.5) is 10.5 Å². The zero-order chi connectivity index (χ0) is 28.8. The Kier molecular flexibility index (Phi) is 10.7. The molecule has 2 atom stereocenters. The molecule has 0 aromatic heterocycles. The summed E-state index contributed by atoms with van der Waals surface area (Å²) < 4.78 is 5.37. The van der Waals surface area contributed by atoms with Gasteiger partial charge in [0.15, 0.2) is 0 Å². The van der Waals surface area contributed by atoms with Crippen molar-refractivity contribution in [3.8, 4) is 0 Å². The van der Waals surface area contributed by atoms with Gasteiger partial charge < -0.3 is 20.3 Å². The lowest BCUT2D eigenvalue weighted by atomic mass is 9.91. The lowest BCUT2D eigenvalue weighted by Crippen LogP contribution is -2.59. The SMILES string of the molecule is CCC(C)(C)N(C(=O)C(CS)NC(=O)OC(C)(C)C)C(C(=O)Nc1c(C)cccc1Cl)c1ccc(C)cc1. The third-order valence-corrected chi connectivity index (χ3v) is 6.98. The van der Waals surface area contributed by atoms with Crippen molar-refractivity contribution in [2.75, 3.05) is 11.1 Å². The molecule has 7 nitrogen and oxygen atoms in total. The fraction of sp³-hybridized carbons (Fsp3) is 0.483. The van der Waals surface area contributed by atoms with Crippen molar-refractivity contribution in [1.82, 2.24) is 10.2 Å². The molecule has 0 saturated carbocycles. The van der Waals surface area contributed by atoms with E-state index < -0.39 is 41.1 Å². The summed E-state index contributed by atoms with van der Waals surface area (Å²) in [5.41, 5.74) is 1.41. The van der Waals surface area contributed by atoms with Gasteiger partial charge in [0, 0.05) is 11.3 Å². The summed E-state index contributed by atoms with van der Waals surface area (Å²) in [6.07, 6.45) is -0.187. The van der Waals surface area contributed by atoms with Crippen LogP contribution >= 0.6 is 24.2 Å². The number of ether oxygens (including phenoxy) is 1. The summed E-state index contributed by atoms with van der Waals surface area (Å²) in [7, 11) is 0. The maximum Gasteiger partial charge on any atom is 0.408 e. The van der Waals surface area contributed by atoms with Gasteiger partial charge in [-0.1, -0.05) is 60.5 Å². The lowest BCUT2D eigenvalue weighted by Gasteiger charge is -2.44. The van der Waals surface area contributed by atoms with Gasteiger partial charge in [0.2, 0.25) is 5.91 Å². The predicted octanol–water partition coefficient (Wildman–Crippen LogP) is 6.48. The van der Waals surface area contributed by atoms with Crippen LogP contribution in [0.3, 0.4) is 0 Å². The van der Waals surface area contributed by atoms with Crippen molar-refractivity contribution in [3.05, 3.63) is 64.2 Å². The molecule has 0 aliphatic rings. The summed E-state index contributed by atoms with van der Waals surface area (Å²) in [6, 6.07) is 10.8. The van der Waals surface area contributed by atoms with Crippen molar-refractivity contribution in [1.29, 1.82) is 0 Å². The highest BCUT2D eigenvalue weighted by atomic mass is 35.5. The Hall–Kier alpha value is -2.71. The first-order chi connectivity index (χ1) is 17.6. The number of anilines is 1. The molecule has 0 fully saturated rings. The first-order valence-corrected chi connectivity index (χ1v) is 13.7. The number of nitrogens with zero attached hydrogens (tertiary/aromatic N) is 1. The van der Waals surface area contributed by atoms with E-state index in [1.54, 1.807) is 32.9 Å². The first-order valence-electron chi connectivity index (χ1n) is 12.7. The number of halogens is 1. The highest BCUT2D eigenvalue weighted by Crippen LogP contribution is 2.34. The Bertz CT molecular complexity index is 1130. The number of hydrogen-bond acceptors (Lipinski definition) is 5. The zero-order valence-electron chi connectivity index (χ0n) is 23.5. The average Bonchev–Trinajstić information content (AvgIpc) is 2.82. The van der Waals surface area contributed by atoms with Crippen LogP contribution in [-0.2, 0) is 14.3 Å². The maximum absolute atomic E-state index is 14.2. The predicted molar refractivity (Wildman–Crippen MR) is 157 cm³/mol. The fourth-order valence-electron chi connectivity index (χ4n) is 3.90. The van der Waals surface area contributed by atoms with Gasteiger partial charge in [-0.05, 0) is 72.1 Å². The van der Waals surface area contributed by atoms with E-state index in [2.05, 4.69) is 23.3 Å². The minimum Gasteiger partial charge on any atom is -0.444 e. The minimum atomic E-state index is -1.03. The van der Waals surface area contributed by atoms with E-state index in [1.807, 2.05) is 65.0 Å². The van der Waals surface area contributed by atoms with Gasteiger partial charge in [0.25, 0.3) is 5.91 Å². The van der Waals surface area contributed by atoms with Gasteiger partial charge in [-0.25, -0.2) is 4.79 Å². The van der Waals surface area contributed by atoms with E-state index in [4.69, 9.17) is 16.3 Å². The maximum atomic E-state index is 14.2. The molecular formula is C29H40ClN3O4S. The summed E-state index contributed by atoms with van der Waals surface area (Å²) >= 11 is 10.8. The monoisotopic (exact) mass is 561 g/mol. The van der Waals surface area contributed by atoms with Crippen LogP contribution in [-0.4, -0.2) is 45.7 Å². The van der Waals surface area contributed by atoms with Crippen LogP contribution in [0, 0.1) is 13.8 Å². The number of thiol groups is 1. The van der Waals surface area contributed by atoms with E-state index in [9.17, 15) is 14.4 Å². The topological polar surface area (TPSA) is 87.7 Å². The van der Waals surface area contributed by atoms with Gasteiger partial charge >= 0.3 is 6.09 Å². The molecule has 2 rings (SSSR count). The molecule has 0 saturated heterocycles. The van der Waals surface area contributed by atoms with Gasteiger partial charge in [0.05, 0.1) is 10.7 Å². The molecule has 2 aromatic carbocycles. The van der Waals surface area contributed by atoms with E-state index in [0.29, 0.717) is 22.7 Å². The molecule has 0 radical (unpaired) electrons. The third kappa shape index (κ3) is 8.14. The smallest absolute Gasteiger partial charge is 0.408 e. The molecule has 0 heterocycles. The van der Waals surface area contributed by atoms with Gasteiger partial charge in [-0.3, -0.25) is 9.59 Å². The van der Waals surface area contributed by atoms with Crippen LogP contribution in [0.15, 0.2) is 42.5 Å². The number of benzene rings is 2. The van der Waals surface area contributed by atoms with Crippen molar-refractivity contribution >= 4 is 47.8 Å². The molecule has 2 aromatic rings.